The zero-order valence-corrected chi connectivity index (χ0v) is 10.7. The summed E-state index contributed by atoms with van der Waals surface area (Å²) in [7, 11) is 0. The molecule has 1 atom stereocenters. The molecule has 0 spiro atoms. The molecule has 1 heteroatoms. The Morgan fingerprint density at radius 1 is 1.25 bits per heavy atom. The molecule has 88 valence electrons. The minimum absolute atomic E-state index is 0.424. The van der Waals surface area contributed by atoms with Gasteiger partial charge in [0.05, 0.1) is 0 Å². The van der Waals surface area contributed by atoms with Gasteiger partial charge in [0.15, 0.2) is 0 Å². The molecule has 0 fully saturated rings. The predicted molar refractivity (Wildman–Crippen MR) is 69.7 cm³/mol. The molecule has 0 aliphatic heterocycles. The molecule has 0 radical (unpaired) electrons. The lowest BCUT2D eigenvalue weighted by Crippen LogP contribution is -2.37. The van der Waals surface area contributed by atoms with Crippen LogP contribution in [0.15, 0.2) is 24.3 Å². The summed E-state index contributed by atoms with van der Waals surface area (Å²) in [4.78, 5) is 0. The van der Waals surface area contributed by atoms with Crippen LogP contribution in [-0.2, 0) is 12.8 Å². The maximum absolute atomic E-state index is 3.65. The molecule has 1 aliphatic rings. The standard InChI is InChI=1S/C15H23N/c1-4-12(2)16-11-15(3)9-13-7-5-6-8-14(13)10-15/h5-8,12,16H,4,9-11H2,1-3H3. The van der Waals surface area contributed by atoms with Crippen molar-refractivity contribution < 1.29 is 0 Å². The summed E-state index contributed by atoms with van der Waals surface area (Å²) in [6.45, 7) is 8.05. The molecule has 1 aromatic carbocycles. The molecule has 1 aromatic rings. The number of hydrogen-bond donors (Lipinski definition) is 1. The average molecular weight is 217 g/mol. The fourth-order valence-electron chi connectivity index (χ4n) is 2.57. The lowest BCUT2D eigenvalue weighted by Gasteiger charge is -2.26. The van der Waals surface area contributed by atoms with Crippen LogP contribution >= 0.6 is 0 Å². The van der Waals surface area contributed by atoms with Gasteiger partial charge < -0.3 is 5.32 Å². The van der Waals surface area contributed by atoms with Gasteiger partial charge in [0.1, 0.15) is 0 Å². The van der Waals surface area contributed by atoms with Gasteiger partial charge in [0, 0.05) is 12.6 Å². The largest absolute Gasteiger partial charge is 0.314 e. The number of nitrogens with one attached hydrogen (secondary N) is 1. The first-order chi connectivity index (χ1) is 7.63. The minimum atomic E-state index is 0.424. The Kier molecular flexibility index (Phi) is 3.34. The molecule has 1 nitrogen and oxygen atoms in total. The van der Waals surface area contributed by atoms with Crippen molar-refractivity contribution in [2.75, 3.05) is 6.54 Å². The highest BCUT2D eigenvalue weighted by Crippen LogP contribution is 2.35. The van der Waals surface area contributed by atoms with E-state index in [4.69, 9.17) is 0 Å². The molecule has 0 aromatic heterocycles. The molecule has 2 rings (SSSR count). The Morgan fingerprint density at radius 3 is 2.31 bits per heavy atom. The van der Waals surface area contributed by atoms with Crippen molar-refractivity contribution in [3.63, 3.8) is 0 Å². The van der Waals surface area contributed by atoms with Crippen LogP contribution in [-0.4, -0.2) is 12.6 Å². The van der Waals surface area contributed by atoms with Crippen LogP contribution in [0.2, 0.25) is 0 Å². The highest BCUT2D eigenvalue weighted by molar-refractivity contribution is 5.34. The average Bonchev–Trinajstić information content (AvgIpc) is 2.62. The van der Waals surface area contributed by atoms with E-state index in [1.165, 1.54) is 19.3 Å². The van der Waals surface area contributed by atoms with Gasteiger partial charge in [0.2, 0.25) is 0 Å². The molecule has 16 heavy (non-hydrogen) atoms. The van der Waals surface area contributed by atoms with Crippen molar-refractivity contribution in [3.8, 4) is 0 Å². The van der Waals surface area contributed by atoms with Crippen molar-refractivity contribution in [1.29, 1.82) is 0 Å². The first-order valence-electron chi connectivity index (χ1n) is 6.43. The molecule has 1 aliphatic carbocycles. The Morgan fingerprint density at radius 2 is 1.81 bits per heavy atom. The SMILES string of the molecule is CCC(C)NCC1(C)Cc2ccccc2C1. The molecular formula is C15H23N. The second kappa shape index (κ2) is 4.58. The minimum Gasteiger partial charge on any atom is -0.314 e. The maximum Gasteiger partial charge on any atom is 0.00363 e. The van der Waals surface area contributed by atoms with Crippen LogP contribution in [0.25, 0.3) is 0 Å². The summed E-state index contributed by atoms with van der Waals surface area (Å²) in [5.74, 6) is 0. The van der Waals surface area contributed by atoms with Crippen LogP contribution < -0.4 is 5.32 Å². The Hall–Kier alpha value is -0.820. The highest BCUT2D eigenvalue weighted by Gasteiger charge is 2.32. The van der Waals surface area contributed by atoms with Crippen molar-refractivity contribution >= 4 is 0 Å². The lowest BCUT2D eigenvalue weighted by atomic mass is 9.87. The molecule has 0 saturated carbocycles. The van der Waals surface area contributed by atoms with E-state index in [1.807, 2.05) is 0 Å². The number of rotatable bonds is 4. The molecule has 0 bridgehead atoms. The predicted octanol–water partition coefficient (Wildman–Crippen LogP) is 3.18. The number of benzene rings is 1. The summed E-state index contributed by atoms with van der Waals surface area (Å²) in [6, 6.07) is 9.52. The smallest absolute Gasteiger partial charge is 0.00363 e. The maximum atomic E-state index is 3.65. The van der Waals surface area contributed by atoms with E-state index < -0.39 is 0 Å². The monoisotopic (exact) mass is 217 g/mol. The van der Waals surface area contributed by atoms with Gasteiger partial charge in [-0.05, 0) is 42.7 Å². The molecule has 0 saturated heterocycles. The highest BCUT2D eigenvalue weighted by atomic mass is 14.9. The normalized spacial score (nSPS) is 19.4. The fourth-order valence-corrected chi connectivity index (χ4v) is 2.57. The van der Waals surface area contributed by atoms with Crippen molar-refractivity contribution in [2.24, 2.45) is 5.41 Å². The summed E-state index contributed by atoms with van der Waals surface area (Å²) in [5.41, 5.74) is 3.53. The van der Waals surface area contributed by atoms with E-state index in [0.29, 0.717) is 11.5 Å². The summed E-state index contributed by atoms with van der Waals surface area (Å²) in [5, 5.41) is 3.65. The van der Waals surface area contributed by atoms with E-state index >= 15 is 0 Å². The summed E-state index contributed by atoms with van der Waals surface area (Å²) < 4.78 is 0. The van der Waals surface area contributed by atoms with Crippen LogP contribution in [0.5, 0.6) is 0 Å². The quantitative estimate of drug-likeness (QED) is 0.817. The van der Waals surface area contributed by atoms with Gasteiger partial charge in [0.25, 0.3) is 0 Å². The van der Waals surface area contributed by atoms with Gasteiger partial charge in [-0.1, -0.05) is 38.1 Å². The first-order valence-corrected chi connectivity index (χ1v) is 6.43. The van der Waals surface area contributed by atoms with Gasteiger partial charge in [-0.2, -0.15) is 0 Å². The van der Waals surface area contributed by atoms with E-state index in [-0.39, 0.29) is 0 Å². The van der Waals surface area contributed by atoms with Crippen molar-refractivity contribution in [3.05, 3.63) is 35.4 Å². The van der Waals surface area contributed by atoms with Crippen molar-refractivity contribution in [1.82, 2.24) is 5.32 Å². The van der Waals surface area contributed by atoms with E-state index in [0.717, 1.165) is 6.54 Å². The Balaban J connectivity index is 1.98. The third-order valence-electron chi connectivity index (χ3n) is 3.84. The zero-order chi connectivity index (χ0) is 11.6. The summed E-state index contributed by atoms with van der Waals surface area (Å²) >= 11 is 0. The molecule has 1 N–H and O–H groups in total. The Bertz CT molecular complexity index is 331. The fraction of sp³-hybridized carbons (Fsp3) is 0.600. The number of hydrogen-bond acceptors (Lipinski definition) is 1. The molecular weight excluding hydrogens is 194 g/mol. The van der Waals surface area contributed by atoms with Crippen LogP contribution in [0.4, 0.5) is 0 Å². The van der Waals surface area contributed by atoms with E-state index in [1.54, 1.807) is 11.1 Å². The molecule has 0 heterocycles. The van der Waals surface area contributed by atoms with Gasteiger partial charge in [-0.25, -0.2) is 0 Å². The topological polar surface area (TPSA) is 12.0 Å². The summed E-state index contributed by atoms with van der Waals surface area (Å²) in [6.07, 6.45) is 3.67. The van der Waals surface area contributed by atoms with Gasteiger partial charge in [-0.3, -0.25) is 0 Å². The van der Waals surface area contributed by atoms with Gasteiger partial charge >= 0.3 is 0 Å². The lowest BCUT2D eigenvalue weighted by molar-refractivity contribution is 0.306. The van der Waals surface area contributed by atoms with Crippen LogP contribution in [0.1, 0.15) is 38.3 Å². The van der Waals surface area contributed by atoms with Crippen molar-refractivity contribution in [2.45, 2.75) is 46.1 Å². The van der Waals surface area contributed by atoms with Gasteiger partial charge in [-0.15, -0.1) is 0 Å². The first kappa shape index (κ1) is 11.7. The van der Waals surface area contributed by atoms with Crippen LogP contribution in [0.3, 0.4) is 0 Å². The van der Waals surface area contributed by atoms with E-state index in [2.05, 4.69) is 50.4 Å². The third kappa shape index (κ3) is 2.46. The second-order valence-electron chi connectivity index (χ2n) is 5.62. The van der Waals surface area contributed by atoms with Crippen LogP contribution in [0, 0.1) is 5.41 Å². The zero-order valence-electron chi connectivity index (χ0n) is 10.7. The second-order valence-corrected chi connectivity index (χ2v) is 5.62. The molecule has 0 amide bonds. The molecule has 1 unspecified atom stereocenters. The third-order valence-corrected chi connectivity index (χ3v) is 3.84. The number of fused-ring (bicyclic) bond motifs is 1. The van der Waals surface area contributed by atoms with E-state index in [9.17, 15) is 0 Å². The Labute approximate surface area is 99.3 Å².